The monoisotopic (exact) mass is 342 g/mol. The van der Waals surface area contributed by atoms with Gasteiger partial charge >= 0.3 is 0 Å². The van der Waals surface area contributed by atoms with Gasteiger partial charge in [-0.1, -0.05) is 40.0 Å². The molecule has 3 rings (SSSR count). The van der Waals surface area contributed by atoms with Crippen molar-refractivity contribution in [2.75, 3.05) is 0 Å². The molecule has 0 N–H and O–H groups in total. The molecule has 0 radical (unpaired) electrons. The van der Waals surface area contributed by atoms with Gasteiger partial charge in [-0.25, -0.2) is 0 Å². The van der Waals surface area contributed by atoms with Crippen LogP contribution in [0.4, 0.5) is 0 Å². The third-order valence-electron chi connectivity index (χ3n) is 2.82. The van der Waals surface area contributed by atoms with E-state index in [1.54, 1.807) is 29.1 Å². The van der Waals surface area contributed by atoms with Gasteiger partial charge in [0.15, 0.2) is 0 Å². The summed E-state index contributed by atoms with van der Waals surface area (Å²) in [5, 5.41) is 9.75. The van der Waals surface area contributed by atoms with Crippen LogP contribution in [0.25, 0.3) is 11.4 Å². The maximum absolute atomic E-state index is 6.12. The minimum absolute atomic E-state index is 0.339. The van der Waals surface area contributed by atoms with Crippen LogP contribution >= 0.6 is 34.8 Å². The highest BCUT2D eigenvalue weighted by atomic mass is 35.5. The fraction of sp³-hybridized carbons (Fsp3) is 0.154. The van der Waals surface area contributed by atoms with Crippen LogP contribution in [0.5, 0.6) is 0 Å². The summed E-state index contributed by atoms with van der Waals surface area (Å²) in [4.78, 5) is 4.30. The van der Waals surface area contributed by atoms with E-state index in [4.69, 9.17) is 39.3 Å². The molecular weight excluding hydrogens is 335 g/mol. The molecule has 0 saturated heterocycles. The van der Waals surface area contributed by atoms with E-state index < -0.39 is 0 Å². The lowest BCUT2D eigenvalue weighted by atomic mass is 10.2. The number of rotatable bonds is 3. The van der Waals surface area contributed by atoms with E-state index in [9.17, 15) is 0 Å². The fourth-order valence-electron chi connectivity index (χ4n) is 1.81. The number of hydrogen-bond donors (Lipinski definition) is 0. The van der Waals surface area contributed by atoms with Crippen LogP contribution in [0, 0.1) is 6.92 Å². The minimum atomic E-state index is 0.339. The molecule has 0 aliphatic heterocycles. The first-order chi connectivity index (χ1) is 10.0. The second-order valence-corrected chi connectivity index (χ2v) is 5.65. The van der Waals surface area contributed by atoms with Crippen LogP contribution in [-0.2, 0) is 6.54 Å². The Bertz CT molecular complexity index is 777. The van der Waals surface area contributed by atoms with Gasteiger partial charge < -0.3 is 4.52 Å². The van der Waals surface area contributed by atoms with Crippen LogP contribution in [0.2, 0.25) is 15.1 Å². The lowest BCUT2D eigenvalue weighted by Gasteiger charge is -1.98. The molecule has 0 bridgehead atoms. The largest absolute Gasteiger partial charge is 0.337 e. The average Bonchev–Trinajstić information content (AvgIpc) is 2.98. The normalized spacial score (nSPS) is 11.0. The summed E-state index contributed by atoms with van der Waals surface area (Å²) < 4.78 is 6.84. The van der Waals surface area contributed by atoms with Gasteiger partial charge in [0.25, 0.3) is 0 Å². The third-order valence-corrected chi connectivity index (χ3v) is 3.74. The van der Waals surface area contributed by atoms with E-state index in [2.05, 4.69) is 15.2 Å². The lowest BCUT2D eigenvalue weighted by molar-refractivity contribution is 0.366. The molecule has 1 aromatic carbocycles. The standard InChI is InChI=1S/C13H9Cl3N4O/c1-7-11(16)5-20(18-7)6-12-17-13(19-21-12)9-3-2-8(14)4-10(9)15/h2-5H,6H2,1H3. The Morgan fingerprint density at radius 3 is 2.67 bits per heavy atom. The van der Waals surface area contributed by atoms with E-state index >= 15 is 0 Å². The van der Waals surface area contributed by atoms with Gasteiger partial charge in [-0.05, 0) is 25.1 Å². The summed E-state index contributed by atoms with van der Waals surface area (Å²) in [6.45, 7) is 2.16. The Hall–Kier alpha value is -1.56. The van der Waals surface area contributed by atoms with Crippen molar-refractivity contribution in [3.05, 3.63) is 51.0 Å². The van der Waals surface area contributed by atoms with Gasteiger partial charge in [-0.15, -0.1) is 0 Å². The molecule has 0 spiro atoms. The van der Waals surface area contributed by atoms with E-state index in [1.165, 1.54) is 0 Å². The Morgan fingerprint density at radius 2 is 2.00 bits per heavy atom. The van der Waals surface area contributed by atoms with Crippen LogP contribution in [0.3, 0.4) is 0 Å². The fourth-order valence-corrected chi connectivity index (χ4v) is 2.46. The van der Waals surface area contributed by atoms with Crippen molar-refractivity contribution in [2.45, 2.75) is 13.5 Å². The van der Waals surface area contributed by atoms with Gasteiger partial charge in [-0.2, -0.15) is 10.1 Å². The summed E-state index contributed by atoms with van der Waals surface area (Å²) in [6.07, 6.45) is 1.70. The minimum Gasteiger partial charge on any atom is -0.337 e. The topological polar surface area (TPSA) is 56.7 Å². The van der Waals surface area contributed by atoms with Crippen LogP contribution < -0.4 is 0 Å². The average molecular weight is 344 g/mol. The van der Waals surface area contributed by atoms with Crippen molar-refractivity contribution in [2.24, 2.45) is 0 Å². The molecule has 0 unspecified atom stereocenters. The summed E-state index contributed by atoms with van der Waals surface area (Å²) in [5.74, 6) is 0.817. The number of aryl methyl sites for hydroxylation is 1. The first-order valence-electron chi connectivity index (χ1n) is 6.00. The maximum Gasteiger partial charge on any atom is 0.248 e. The number of nitrogens with zero attached hydrogens (tertiary/aromatic N) is 4. The summed E-state index contributed by atoms with van der Waals surface area (Å²) in [7, 11) is 0. The molecule has 2 heterocycles. The van der Waals surface area contributed by atoms with Gasteiger partial charge in [0.2, 0.25) is 11.7 Å². The van der Waals surface area contributed by atoms with Crippen LogP contribution in [0.1, 0.15) is 11.6 Å². The highest BCUT2D eigenvalue weighted by Gasteiger charge is 2.13. The molecule has 0 amide bonds. The van der Waals surface area contributed by atoms with Gasteiger partial charge in [0.1, 0.15) is 6.54 Å². The SMILES string of the molecule is Cc1nn(Cc2nc(-c3ccc(Cl)cc3Cl)no2)cc1Cl. The van der Waals surface area contributed by atoms with Gasteiger partial charge in [-0.3, -0.25) is 4.68 Å². The second kappa shape index (κ2) is 5.67. The molecule has 2 aromatic heterocycles. The Balaban J connectivity index is 1.86. The van der Waals surface area contributed by atoms with Gasteiger partial charge in [0, 0.05) is 16.8 Å². The summed E-state index contributed by atoms with van der Waals surface area (Å²) in [5.41, 5.74) is 1.41. The van der Waals surface area contributed by atoms with Crippen LogP contribution in [0.15, 0.2) is 28.9 Å². The molecule has 8 heteroatoms. The predicted octanol–water partition coefficient (Wildman–Crippen LogP) is 4.25. The molecule has 0 aliphatic rings. The van der Waals surface area contributed by atoms with Crippen molar-refractivity contribution < 1.29 is 4.52 Å². The maximum atomic E-state index is 6.12. The van der Waals surface area contributed by atoms with Crippen molar-refractivity contribution in [1.29, 1.82) is 0 Å². The quantitative estimate of drug-likeness (QED) is 0.713. The second-order valence-electron chi connectivity index (χ2n) is 4.40. The van der Waals surface area contributed by atoms with Crippen molar-refractivity contribution >= 4 is 34.8 Å². The molecule has 5 nitrogen and oxygen atoms in total. The van der Waals surface area contributed by atoms with E-state index in [0.29, 0.717) is 38.9 Å². The zero-order valence-electron chi connectivity index (χ0n) is 10.8. The highest BCUT2D eigenvalue weighted by molar-refractivity contribution is 6.36. The number of benzene rings is 1. The number of aromatic nitrogens is 4. The zero-order valence-corrected chi connectivity index (χ0v) is 13.1. The molecule has 21 heavy (non-hydrogen) atoms. The van der Waals surface area contributed by atoms with E-state index in [1.807, 2.05) is 6.92 Å². The smallest absolute Gasteiger partial charge is 0.248 e. The summed E-state index contributed by atoms with van der Waals surface area (Å²) in [6, 6.07) is 5.09. The highest BCUT2D eigenvalue weighted by Crippen LogP contribution is 2.28. The molecule has 3 aromatic rings. The van der Waals surface area contributed by atoms with Crippen molar-refractivity contribution in [3.8, 4) is 11.4 Å². The van der Waals surface area contributed by atoms with Crippen molar-refractivity contribution in [3.63, 3.8) is 0 Å². The molecule has 0 saturated carbocycles. The van der Waals surface area contributed by atoms with Crippen LogP contribution in [-0.4, -0.2) is 19.9 Å². The zero-order chi connectivity index (χ0) is 15.0. The third kappa shape index (κ3) is 3.05. The molecule has 0 atom stereocenters. The lowest BCUT2D eigenvalue weighted by Crippen LogP contribution is -2.00. The van der Waals surface area contributed by atoms with Crippen molar-refractivity contribution in [1.82, 2.24) is 19.9 Å². The Kier molecular flexibility index (Phi) is 3.89. The van der Waals surface area contributed by atoms with E-state index in [0.717, 1.165) is 5.69 Å². The Labute approximate surface area is 135 Å². The first kappa shape index (κ1) is 14.4. The molecule has 0 aliphatic carbocycles. The van der Waals surface area contributed by atoms with Gasteiger partial charge in [0.05, 0.1) is 15.7 Å². The predicted molar refractivity (Wildman–Crippen MR) is 80.8 cm³/mol. The molecule has 108 valence electrons. The number of hydrogen-bond acceptors (Lipinski definition) is 4. The molecular formula is C13H9Cl3N4O. The Morgan fingerprint density at radius 1 is 1.19 bits per heavy atom. The number of halogens is 3. The summed E-state index contributed by atoms with van der Waals surface area (Å²) >= 11 is 17.9. The van der Waals surface area contributed by atoms with E-state index in [-0.39, 0.29) is 0 Å². The molecule has 0 fully saturated rings. The first-order valence-corrected chi connectivity index (χ1v) is 7.14.